The Bertz CT molecular complexity index is 748. The highest BCUT2D eigenvalue weighted by Crippen LogP contribution is 3.02. The Balaban J connectivity index is 2.25. The Kier molecular flexibility index (Phi) is 4.38. The van der Waals surface area contributed by atoms with Gasteiger partial charge in [-0.1, -0.05) is 25.5 Å². The summed E-state index contributed by atoms with van der Waals surface area (Å²) in [5.41, 5.74) is 0.123. The Morgan fingerprint density at radius 2 is 1.73 bits per heavy atom. The lowest BCUT2D eigenvalue weighted by Crippen LogP contribution is -2.67. The highest BCUT2D eigenvalue weighted by molar-refractivity contribution is 8.45. The second-order valence-corrected chi connectivity index (χ2v) is 8.33. The first-order chi connectivity index (χ1) is 11.7. The lowest BCUT2D eigenvalue weighted by molar-refractivity contribution is -0.134. The molecule has 0 saturated carbocycles. The number of halogens is 5. The van der Waals surface area contributed by atoms with Crippen molar-refractivity contribution in [1.82, 2.24) is 16.1 Å². The molecule has 0 bridgehead atoms. The van der Waals surface area contributed by atoms with Crippen molar-refractivity contribution in [3.05, 3.63) is 42.5 Å². The molecule has 1 aromatic carbocycles. The lowest BCUT2D eigenvalue weighted by atomic mass is 9.74. The molecule has 1 atom stereocenters. The van der Waals surface area contributed by atoms with Crippen LogP contribution in [-0.4, -0.2) is 36.2 Å². The van der Waals surface area contributed by atoms with E-state index in [1.165, 1.54) is 11.6 Å². The fourth-order valence-corrected chi connectivity index (χ4v) is 3.14. The highest BCUT2D eigenvalue weighted by Gasteiger charge is 2.65. The van der Waals surface area contributed by atoms with Crippen LogP contribution in [0.1, 0.15) is 10.4 Å². The van der Waals surface area contributed by atoms with Gasteiger partial charge in [0.15, 0.2) is 0 Å². The highest BCUT2D eigenvalue weighted by atomic mass is 32.5. The summed E-state index contributed by atoms with van der Waals surface area (Å²) in [6.07, 6.45) is 1.40. The molecule has 146 valence electrons. The molecular formula is C14H16F5N3O3S. The summed E-state index contributed by atoms with van der Waals surface area (Å²) in [6.45, 7) is 4.09. The third kappa shape index (κ3) is 3.97. The van der Waals surface area contributed by atoms with Crippen LogP contribution in [0.15, 0.2) is 41.8 Å². The van der Waals surface area contributed by atoms with Gasteiger partial charge in [-0.05, 0) is 24.3 Å². The van der Waals surface area contributed by atoms with E-state index >= 15 is 0 Å². The van der Waals surface area contributed by atoms with Gasteiger partial charge in [0.25, 0.3) is 11.8 Å². The quantitative estimate of drug-likeness (QED) is 0.255. The van der Waals surface area contributed by atoms with Crippen molar-refractivity contribution in [3.63, 3.8) is 0 Å². The molecule has 1 fully saturated rings. The van der Waals surface area contributed by atoms with E-state index in [2.05, 4.69) is 17.2 Å². The standard InChI is InChI=1S/C14H16F5N3O3S/c1-2-14(7-20-8-14)11(13(24)22-25)21-12(23)9-3-5-10(6-4-9)26(15,16,17,18)19/h2-6,11,20,25H,1,7-8H2,(H,21,23)(H,22,24). The maximum absolute atomic E-state index is 12.7. The molecule has 12 heteroatoms. The Labute approximate surface area is 145 Å². The zero-order chi connectivity index (χ0) is 19.9. The molecule has 1 aliphatic rings. The predicted octanol–water partition coefficient (Wildman–Crippen LogP) is 2.72. The maximum atomic E-state index is 12.7. The number of rotatable bonds is 6. The molecule has 1 aromatic rings. The molecule has 1 aliphatic heterocycles. The van der Waals surface area contributed by atoms with E-state index in [0.717, 1.165) is 0 Å². The zero-order valence-electron chi connectivity index (χ0n) is 13.1. The molecule has 1 heterocycles. The van der Waals surface area contributed by atoms with Gasteiger partial charge in [-0.2, -0.15) is 0 Å². The van der Waals surface area contributed by atoms with E-state index in [1.54, 1.807) is 0 Å². The van der Waals surface area contributed by atoms with Crippen LogP contribution in [0.5, 0.6) is 0 Å². The molecule has 1 saturated heterocycles. The van der Waals surface area contributed by atoms with Gasteiger partial charge in [0, 0.05) is 24.1 Å². The third-order valence-electron chi connectivity index (χ3n) is 4.10. The number of carbonyl (C=O) groups is 2. The van der Waals surface area contributed by atoms with Crippen LogP contribution in [0.3, 0.4) is 0 Å². The molecule has 6 nitrogen and oxygen atoms in total. The topological polar surface area (TPSA) is 90.5 Å². The average Bonchev–Trinajstić information content (AvgIpc) is 2.50. The molecule has 4 N–H and O–H groups in total. The minimum atomic E-state index is -9.84. The van der Waals surface area contributed by atoms with E-state index in [0.29, 0.717) is 12.1 Å². The molecule has 0 aliphatic carbocycles. The molecular weight excluding hydrogens is 385 g/mol. The van der Waals surface area contributed by atoms with Crippen LogP contribution in [0, 0.1) is 5.41 Å². The summed E-state index contributed by atoms with van der Waals surface area (Å²) in [7, 11) is -9.84. The van der Waals surface area contributed by atoms with Gasteiger partial charge in [-0.3, -0.25) is 14.8 Å². The van der Waals surface area contributed by atoms with Gasteiger partial charge in [0.1, 0.15) is 10.9 Å². The van der Waals surface area contributed by atoms with E-state index in [4.69, 9.17) is 5.21 Å². The number of nitrogens with one attached hydrogen (secondary N) is 3. The van der Waals surface area contributed by atoms with E-state index in [-0.39, 0.29) is 30.8 Å². The Morgan fingerprint density at radius 3 is 2.08 bits per heavy atom. The maximum Gasteiger partial charge on any atom is 0.310 e. The van der Waals surface area contributed by atoms with Crippen LogP contribution < -0.4 is 16.1 Å². The van der Waals surface area contributed by atoms with Gasteiger partial charge < -0.3 is 10.6 Å². The second-order valence-electron chi connectivity index (χ2n) is 5.92. The summed E-state index contributed by atoms with van der Waals surface area (Å²) in [5, 5.41) is 14.0. The van der Waals surface area contributed by atoms with Crippen LogP contribution in [0.25, 0.3) is 0 Å². The molecule has 0 aromatic heterocycles. The third-order valence-corrected chi connectivity index (χ3v) is 5.26. The Hall–Kier alpha value is -2.18. The Morgan fingerprint density at radius 1 is 1.19 bits per heavy atom. The number of carbonyl (C=O) groups excluding carboxylic acids is 2. The lowest BCUT2D eigenvalue weighted by Gasteiger charge is -2.45. The monoisotopic (exact) mass is 401 g/mol. The van der Waals surface area contributed by atoms with E-state index in [1.807, 2.05) is 0 Å². The van der Waals surface area contributed by atoms with Gasteiger partial charge in [0.2, 0.25) is 0 Å². The number of hydroxylamine groups is 1. The van der Waals surface area contributed by atoms with Gasteiger partial charge in [-0.25, -0.2) is 5.48 Å². The smallest absolute Gasteiger partial charge is 0.310 e. The second kappa shape index (κ2) is 5.66. The predicted molar refractivity (Wildman–Crippen MR) is 84.5 cm³/mol. The van der Waals surface area contributed by atoms with Crippen molar-refractivity contribution in [3.8, 4) is 0 Å². The molecule has 1 unspecified atom stereocenters. The largest absolute Gasteiger partial charge is 0.339 e. The SMILES string of the molecule is C=CC1(C(NC(=O)c2ccc(S(F)(F)(F)(F)F)cc2)C(=O)NO)CNC1. The van der Waals surface area contributed by atoms with E-state index < -0.39 is 38.4 Å². The van der Waals surface area contributed by atoms with Crippen LogP contribution in [0.2, 0.25) is 0 Å². The van der Waals surface area contributed by atoms with Crippen molar-refractivity contribution in [2.75, 3.05) is 13.1 Å². The van der Waals surface area contributed by atoms with Crippen molar-refractivity contribution >= 4 is 22.0 Å². The van der Waals surface area contributed by atoms with E-state index in [9.17, 15) is 29.0 Å². The minimum Gasteiger partial charge on any atom is -0.339 e. The first-order valence-corrected chi connectivity index (χ1v) is 9.11. The average molecular weight is 401 g/mol. The van der Waals surface area contributed by atoms with Crippen molar-refractivity contribution in [2.45, 2.75) is 10.9 Å². The first-order valence-electron chi connectivity index (χ1n) is 7.16. The first kappa shape index (κ1) is 20.1. The number of hydrogen-bond acceptors (Lipinski definition) is 4. The van der Waals surface area contributed by atoms with Gasteiger partial charge in [-0.15, -0.1) is 6.58 Å². The summed E-state index contributed by atoms with van der Waals surface area (Å²) in [4.78, 5) is 21.9. The van der Waals surface area contributed by atoms with Gasteiger partial charge in [0.05, 0.1) is 0 Å². The number of amides is 2. The molecule has 26 heavy (non-hydrogen) atoms. The fourth-order valence-electron chi connectivity index (χ4n) is 2.49. The molecule has 2 rings (SSSR count). The van der Waals surface area contributed by atoms with Crippen molar-refractivity contribution in [1.29, 1.82) is 0 Å². The normalized spacial score (nSPS) is 19.9. The molecule has 2 amide bonds. The zero-order valence-corrected chi connectivity index (χ0v) is 14.0. The molecule has 0 radical (unpaired) electrons. The van der Waals surface area contributed by atoms with Crippen LogP contribution in [0.4, 0.5) is 19.4 Å². The summed E-state index contributed by atoms with van der Waals surface area (Å²) < 4.78 is 63.5. The van der Waals surface area contributed by atoms with Gasteiger partial charge >= 0.3 is 10.2 Å². The summed E-state index contributed by atoms with van der Waals surface area (Å²) in [5.74, 6) is -1.93. The number of benzene rings is 1. The summed E-state index contributed by atoms with van der Waals surface area (Å²) in [6, 6.07) is 0.0954. The summed E-state index contributed by atoms with van der Waals surface area (Å²) >= 11 is 0. The van der Waals surface area contributed by atoms with Crippen LogP contribution >= 0.6 is 10.2 Å². The van der Waals surface area contributed by atoms with Crippen LogP contribution in [-0.2, 0) is 4.79 Å². The van der Waals surface area contributed by atoms with Crippen molar-refractivity contribution in [2.24, 2.45) is 5.41 Å². The minimum absolute atomic E-state index is 0.103. The molecule has 0 spiro atoms. The fraction of sp³-hybridized carbons (Fsp3) is 0.286. The van der Waals surface area contributed by atoms with Crippen molar-refractivity contribution < 1.29 is 34.2 Å². The number of hydrogen-bond donors (Lipinski definition) is 4.